The van der Waals surface area contributed by atoms with Crippen molar-refractivity contribution in [2.75, 3.05) is 0 Å². The van der Waals surface area contributed by atoms with E-state index in [-0.39, 0.29) is 5.97 Å². The molecule has 0 spiro atoms. The van der Waals surface area contributed by atoms with Crippen LogP contribution in [0.4, 0.5) is 0 Å². The Labute approximate surface area is 122 Å². The summed E-state index contributed by atoms with van der Waals surface area (Å²) in [6.45, 7) is 12.9. The monoisotopic (exact) mass is 284 g/mol. The lowest BCUT2D eigenvalue weighted by atomic mass is 9.99. The molecule has 4 heteroatoms. The summed E-state index contributed by atoms with van der Waals surface area (Å²) in [4.78, 5) is 20.4. The number of carboxylic acids is 1. The predicted octanol–water partition coefficient (Wildman–Crippen LogP) is 4.11. The highest BCUT2D eigenvalue weighted by molar-refractivity contribution is 5.67. The standard InChI is InChI=1S/C12H20O2.C4H8O2/c1-6-12(5,14-11(4)13)9-7-8-10(2)3;1-2-3-4(5)6/h6,8H,1,7,9H2,2-5H3;2-3H2,1H3,(H,5,6). The molecular formula is C16H28O4. The number of carbonyl (C=O) groups excluding carboxylic acids is 1. The highest BCUT2D eigenvalue weighted by Gasteiger charge is 2.22. The maximum atomic E-state index is 10.8. The summed E-state index contributed by atoms with van der Waals surface area (Å²) in [5, 5.41) is 7.91. The zero-order valence-electron chi connectivity index (χ0n) is 13.4. The van der Waals surface area contributed by atoms with Crippen LogP contribution in [-0.4, -0.2) is 22.6 Å². The lowest BCUT2D eigenvalue weighted by molar-refractivity contribution is -0.151. The number of ether oxygens (including phenoxy) is 1. The van der Waals surface area contributed by atoms with Gasteiger partial charge in [0, 0.05) is 13.3 Å². The number of carbonyl (C=O) groups is 2. The van der Waals surface area contributed by atoms with Crippen LogP contribution in [0.3, 0.4) is 0 Å². The van der Waals surface area contributed by atoms with Crippen LogP contribution in [0.1, 0.15) is 60.3 Å². The summed E-state index contributed by atoms with van der Waals surface area (Å²) in [5.41, 5.74) is 0.747. The van der Waals surface area contributed by atoms with E-state index >= 15 is 0 Å². The molecule has 0 aromatic rings. The van der Waals surface area contributed by atoms with Crippen molar-refractivity contribution in [2.45, 2.75) is 65.9 Å². The predicted molar refractivity (Wildman–Crippen MR) is 81.6 cm³/mol. The molecule has 0 amide bonds. The molecule has 0 rings (SSSR count). The average molecular weight is 284 g/mol. The van der Waals surface area contributed by atoms with Crippen molar-refractivity contribution in [1.29, 1.82) is 0 Å². The third kappa shape index (κ3) is 14.5. The summed E-state index contributed by atoms with van der Waals surface area (Å²) >= 11 is 0. The molecule has 0 aliphatic rings. The second kappa shape index (κ2) is 11.3. The second-order valence-electron chi connectivity index (χ2n) is 5.07. The van der Waals surface area contributed by atoms with Gasteiger partial charge in [0.1, 0.15) is 5.60 Å². The normalized spacial score (nSPS) is 12.2. The molecule has 1 unspecified atom stereocenters. The van der Waals surface area contributed by atoms with E-state index in [2.05, 4.69) is 26.5 Å². The van der Waals surface area contributed by atoms with Gasteiger partial charge in [-0.05, 0) is 46.1 Å². The molecule has 4 nitrogen and oxygen atoms in total. The number of hydrogen-bond acceptors (Lipinski definition) is 3. The first-order valence-corrected chi connectivity index (χ1v) is 6.85. The van der Waals surface area contributed by atoms with Gasteiger partial charge in [0.25, 0.3) is 0 Å². The van der Waals surface area contributed by atoms with Gasteiger partial charge in [-0.25, -0.2) is 0 Å². The summed E-state index contributed by atoms with van der Waals surface area (Å²) in [5.74, 6) is -0.970. The lowest BCUT2D eigenvalue weighted by Gasteiger charge is -2.24. The smallest absolute Gasteiger partial charge is 0.303 e. The maximum absolute atomic E-state index is 10.8. The van der Waals surface area contributed by atoms with Crippen LogP contribution in [0, 0.1) is 0 Å². The van der Waals surface area contributed by atoms with Gasteiger partial charge in [-0.3, -0.25) is 9.59 Å². The Hall–Kier alpha value is -1.58. The molecule has 0 bridgehead atoms. The second-order valence-corrected chi connectivity index (χ2v) is 5.07. The zero-order chi connectivity index (χ0) is 16.2. The van der Waals surface area contributed by atoms with Crippen molar-refractivity contribution in [1.82, 2.24) is 0 Å². The van der Waals surface area contributed by atoms with E-state index in [0.717, 1.165) is 19.3 Å². The Bertz CT molecular complexity index is 340. The van der Waals surface area contributed by atoms with Crippen LogP contribution < -0.4 is 0 Å². The highest BCUT2D eigenvalue weighted by atomic mass is 16.6. The molecule has 0 saturated heterocycles. The van der Waals surface area contributed by atoms with Crippen molar-refractivity contribution < 1.29 is 19.4 Å². The Kier molecular flexibility index (Phi) is 11.7. The van der Waals surface area contributed by atoms with Crippen LogP contribution in [0.15, 0.2) is 24.3 Å². The van der Waals surface area contributed by atoms with Crippen LogP contribution in [-0.2, 0) is 14.3 Å². The molecule has 0 aromatic carbocycles. The molecule has 0 saturated carbocycles. The zero-order valence-corrected chi connectivity index (χ0v) is 13.4. The minimum atomic E-state index is -0.711. The van der Waals surface area contributed by atoms with E-state index in [1.807, 2.05) is 13.8 Å². The van der Waals surface area contributed by atoms with Gasteiger partial charge >= 0.3 is 11.9 Å². The van der Waals surface area contributed by atoms with Crippen molar-refractivity contribution in [3.63, 3.8) is 0 Å². The van der Waals surface area contributed by atoms with E-state index < -0.39 is 11.6 Å². The summed E-state index contributed by atoms with van der Waals surface area (Å²) in [7, 11) is 0. The van der Waals surface area contributed by atoms with E-state index in [1.165, 1.54) is 12.5 Å². The molecule has 0 radical (unpaired) electrons. The van der Waals surface area contributed by atoms with E-state index in [0.29, 0.717) is 6.42 Å². The first kappa shape index (κ1) is 20.7. The van der Waals surface area contributed by atoms with Gasteiger partial charge in [-0.15, -0.1) is 0 Å². The minimum absolute atomic E-state index is 0.260. The van der Waals surface area contributed by atoms with Crippen LogP contribution in [0.5, 0.6) is 0 Å². The maximum Gasteiger partial charge on any atom is 0.303 e. The van der Waals surface area contributed by atoms with Crippen LogP contribution >= 0.6 is 0 Å². The van der Waals surface area contributed by atoms with Gasteiger partial charge in [0.05, 0.1) is 0 Å². The largest absolute Gasteiger partial charge is 0.481 e. The van der Waals surface area contributed by atoms with Crippen molar-refractivity contribution in [2.24, 2.45) is 0 Å². The highest BCUT2D eigenvalue weighted by Crippen LogP contribution is 2.19. The molecule has 20 heavy (non-hydrogen) atoms. The first-order chi connectivity index (χ1) is 9.16. The number of allylic oxidation sites excluding steroid dienone is 2. The van der Waals surface area contributed by atoms with E-state index in [4.69, 9.17) is 9.84 Å². The van der Waals surface area contributed by atoms with E-state index in [9.17, 15) is 9.59 Å². The fraction of sp³-hybridized carbons (Fsp3) is 0.625. The van der Waals surface area contributed by atoms with Gasteiger partial charge in [0.2, 0.25) is 0 Å². The van der Waals surface area contributed by atoms with Gasteiger partial charge < -0.3 is 9.84 Å². The Balaban J connectivity index is 0. The first-order valence-electron chi connectivity index (χ1n) is 6.85. The molecule has 0 aliphatic heterocycles. The minimum Gasteiger partial charge on any atom is -0.481 e. The quantitative estimate of drug-likeness (QED) is 0.564. The van der Waals surface area contributed by atoms with Crippen molar-refractivity contribution in [3.8, 4) is 0 Å². The van der Waals surface area contributed by atoms with Crippen molar-refractivity contribution in [3.05, 3.63) is 24.3 Å². The van der Waals surface area contributed by atoms with Gasteiger partial charge in [-0.2, -0.15) is 0 Å². The van der Waals surface area contributed by atoms with Gasteiger partial charge in [-0.1, -0.05) is 25.2 Å². The molecule has 0 fully saturated rings. The molecule has 0 aliphatic carbocycles. The van der Waals surface area contributed by atoms with E-state index in [1.54, 1.807) is 6.08 Å². The third-order valence-corrected chi connectivity index (χ3v) is 2.47. The number of carboxylic acid groups (broad SMARTS) is 1. The Morgan fingerprint density at radius 2 is 1.85 bits per heavy atom. The van der Waals surface area contributed by atoms with Crippen LogP contribution in [0.25, 0.3) is 0 Å². The number of rotatable bonds is 7. The SMILES string of the molecule is C=CC(C)(CCC=C(C)C)OC(C)=O.CCCC(=O)O. The average Bonchev–Trinajstić information content (AvgIpc) is 2.28. The molecule has 1 atom stereocenters. The third-order valence-electron chi connectivity index (χ3n) is 2.47. The Morgan fingerprint density at radius 1 is 1.30 bits per heavy atom. The van der Waals surface area contributed by atoms with Crippen molar-refractivity contribution >= 4 is 11.9 Å². The molecule has 0 aromatic heterocycles. The topological polar surface area (TPSA) is 63.6 Å². The number of hydrogen-bond donors (Lipinski definition) is 1. The molecule has 0 heterocycles. The van der Waals surface area contributed by atoms with Gasteiger partial charge in [0.15, 0.2) is 0 Å². The molecular weight excluding hydrogens is 256 g/mol. The Morgan fingerprint density at radius 3 is 2.10 bits per heavy atom. The summed E-state index contributed by atoms with van der Waals surface area (Å²) < 4.78 is 5.18. The van der Waals surface area contributed by atoms with Crippen LogP contribution in [0.2, 0.25) is 0 Å². The fourth-order valence-electron chi connectivity index (χ4n) is 1.38. The molecule has 116 valence electrons. The number of esters is 1. The lowest BCUT2D eigenvalue weighted by Crippen LogP contribution is -2.27. The number of aliphatic carboxylic acids is 1. The fourth-order valence-corrected chi connectivity index (χ4v) is 1.38. The summed E-state index contributed by atoms with van der Waals surface area (Å²) in [6.07, 6.45) is 6.52. The molecule has 1 N–H and O–H groups in total. The summed E-state index contributed by atoms with van der Waals surface area (Å²) in [6, 6.07) is 0.